The topological polar surface area (TPSA) is 41.6 Å². The van der Waals surface area contributed by atoms with Crippen LogP contribution >= 0.6 is 24.0 Å². The minimum absolute atomic E-state index is 0. The van der Waals surface area contributed by atoms with Gasteiger partial charge in [0.2, 0.25) is 0 Å². The highest BCUT2D eigenvalue weighted by Crippen LogP contribution is 2.21. The smallest absolute Gasteiger partial charge is 0.253 e. The van der Waals surface area contributed by atoms with Gasteiger partial charge < -0.3 is 15.0 Å². The SMILES string of the molecule is CNCC1CCCN(C(=O)c2cccc(OCc3ccc(Cl)cc3)c2)C1.Cl. The lowest BCUT2D eigenvalue weighted by atomic mass is 9.97. The molecule has 146 valence electrons. The van der Waals surface area contributed by atoms with Crippen LogP contribution in [0, 0.1) is 5.92 Å². The van der Waals surface area contributed by atoms with Crippen LogP contribution in [0.2, 0.25) is 5.02 Å². The first-order chi connectivity index (χ1) is 12.7. The van der Waals surface area contributed by atoms with E-state index in [-0.39, 0.29) is 18.3 Å². The number of benzene rings is 2. The van der Waals surface area contributed by atoms with Crippen LogP contribution in [0.5, 0.6) is 5.75 Å². The number of piperidine rings is 1. The Hall–Kier alpha value is -1.75. The van der Waals surface area contributed by atoms with Crippen LogP contribution in [0.3, 0.4) is 0 Å². The highest BCUT2D eigenvalue weighted by molar-refractivity contribution is 6.30. The molecule has 27 heavy (non-hydrogen) atoms. The van der Waals surface area contributed by atoms with Gasteiger partial charge >= 0.3 is 0 Å². The highest BCUT2D eigenvalue weighted by Gasteiger charge is 2.24. The lowest BCUT2D eigenvalue weighted by molar-refractivity contribution is 0.0674. The molecule has 0 aliphatic carbocycles. The molecule has 2 aromatic rings. The number of rotatable bonds is 6. The second-order valence-electron chi connectivity index (χ2n) is 6.76. The fourth-order valence-corrected chi connectivity index (χ4v) is 3.48. The maximum Gasteiger partial charge on any atom is 0.253 e. The van der Waals surface area contributed by atoms with Gasteiger partial charge in [0.1, 0.15) is 12.4 Å². The molecule has 0 radical (unpaired) electrons. The molecule has 6 heteroatoms. The summed E-state index contributed by atoms with van der Waals surface area (Å²) in [4.78, 5) is 14.8. The monoisotopic (exact) mass is 408 g/mol. The summed E-state index contributed by atoms with van der Waals surface area (Å²) in [5, 5.41) is 3.92. The van der Waals surface area contributed by atoms with E-state index < -0.39 is 0 Å². The average molecular weight is 409 g/mol. The largest absolute Gasteiger partial charge is 0.489 e. The molecule has 1 amide bonds. The number of halogens is 2. The molecule has 2 aromatic carbocycles. The van der Waals surface area contributed by atoms with Gasteiger partial charge in [-0.3, -0.25) is 4.79 Å². The molecule has 4 nitrogen and oxygen atoms in total. The van der Waals surface area contributed by atoms with E-state index in [0.717, 1.165) is 31.6 Å². The van der Waals surface area contributed by atoms with Gasteiger partial charge in [-0.05, 0) is 68.2 Å². The average Bonchev–Trinajstić information content (AvgIpc) is 2.68. The Bertz CT molecular complexity index is 735. The van der Waals surface area contributed by atoms with Crippen molar-refractivity contribution in [3.05, 3.63) is 64.7 Å². The molecule has 1 unspecified atom stereocenters. The van der Waals surface area contributed by atoms with Crippen LogP contribution in [0.25, 0.3) is 0 Å². The second kappa shape index (κ2) is 10.5. The van der Waals surface area contributed by atoms with Gasteiger partial charge in [-0.1, -0.05) is 29.8 Å². The summed E-state index contributed by atoms with van der Waals surface area (Å²) in [5.74, 6) is 1.32. The molecular weight excluding hydrogens is 383 g/mol. The van der Waals surface area contributed by atoms with E-state index >= 15 is 0 Å². The van der Waals surface area contributed by atoms with Crippen LogP contribution in [0.15, 0.2) is 48.5 Å². The number of ether oxygens (including phenoxy) is 1. The van der Waals surface area contributed by atoms with Gasteiger partial charge in [0, 0.05) is 23.7 Å². The normalized spacial score (nSPS) is 16.5. The lowest BCUT2D eigenvalue weighted by Gasteiger charge is -2.32. The summed E-state index contributed by atoms with van der Waals surface area (Å²) in [6.45, 7) is 3.04. The van der Waals surface area contributed by atoms with Crippen molar-refractivity contribution in [2.75, 3.05) is 26.7 Å². The van der Waals surface area contributed by atoms with Crippen molar-refractivity contribution in [1.29, 1.82) is 0 Å². The number of hydrogen-bond acceptors (Lipinski definition) is 3. The first-order valence-corrected chi connectivity index (χ1v) is 9.44. The summed E-state index contributed by atoms with van der Waals surface area (Å²) in [6.07, 6.45) is 2.24. The number of likely N-dealkylation sites (tertiary alicyclic amines) is 1. The Morgan fingerprint density at radius 3 is 2.78 bits per heavy atom. The van der Waals surface area contributed by atoms with Crippen molar-refractivity contribution in [3.8, 4) is 5.75 Å². The summed E-state index contributed by atoms with van der Waals surface area (Å²) in [5.41, 5.74) is 1.72. The van der Waals surface area contributed by atoms with E-state index in [2.05, 4.69) is 5.32 Å². The van der Waals surface area contributed by atoms with Gasteiger partial charge in [0.25, 0.3) is 5.91 Å². The van der Waals surface area contributed by atoms with Gasteiger partial charge in [0.05, 0.1) is 0 Å². The first-order valence-electron chi connectivity index (χ1n) is 9.07. The van der Waals surface area contributed by atoms with Crippen molar-refractivity contribution in [3.63, 3.8) is 0 Å². The molecule has 1 aliphatic heterocycles. The molecule has 1 fully saturated rings. The third-order valence-corrected chi connectivity index (χ3v) is 4.95. The van der Waals surface area contributed by atoms with Crippen molar-refractivity contribution in [2.24, 2.45) is 5.92 Å². The molecular formula is C21H26Cl2N2O2. The van der Waals surface area contributed by atoms with Gasteiger partial charge in [0.15, 0.2) is 0 Å². The van der Waals surface area contributed by atoms with Crippen molar-refractivity contribution in [1.82, 2.24) is 10.2 Å². The highest BCUT2D eigenvalue weighted by atomic mass is 35.5. The van der Waals surface area contributed by atoms with E-state index in [0.29, 0.717) is 28.9 Å². The minimum Gasteiger partial charge on any atom is -0.489 e. The first kappa shape index (κ1) is 21.5. The van der Waals surface area contributed by atoms with E-state index in [1.165, 1.54) is 6.42 Å². The molecule has 1 saturated heterocycles. The summed E-state index contributed by atoms with van der Waals surface area (Å²) >= 11 is 5.90. The maximum atomic E-state index is 12.8. The van der Waals surface area contributed by atoms with Gasteiger partial charge in [-0.15, -0.1) is 12.4 Å². The predicted molar refractivity (Wildman–Crippen MR) is 112 cm³/mol. The Morgan fingerprint density at radius 2 is 2.04 bits per heavy atom. The number of nitrogens with one attached hydrogen (secondary N) is 1. The Balaban J connectivity index is 0.00000261. The van der Waals surface area contributed by atoms with E-state index in [1.54, 1.807) is 0 Å². The Morgan fingerprint density at radius 1 is 1.26 bits per heavy atom. The summed E-state index contributed by atoms with van der Waals surface area (Å²) < 4.78 is 5.85. The summed E-state index contributed by atoms with van der Waals surface area (Å²) in [7, 11) is 1.96. The molecule has 1 heterocycles. The second-order valence-corrected chi connectivity index (χ2v) is 7.20. The zero-order valence-corrected chi connectivity index (χ0v) is 17.1. The fourth-order valence-electron chi connectivity index (χ4n) is 3.35. The number of carbonyl (C=O) groups is 1. The molecule has 0 bridgehead atoms. The van der Waals surface area contributed by atoms with Crippen molar-refractivity contribution in [2.45, 2.75) is 19.4 Å². The zero-order chi connectivity index (χ0) is 18.4. The van der Waals surface area contributed by atoms with Crippen molar-refractivity contribution < 1.29 is 9.53 Å². The van der Waals surface area contributed by atoms with Crippen LogP contribution in [-0.4, -0.2) is 37.5 Å². The Labute approximate surface area is 172 Å². The Kier molecular flexibility index (Phi) is 8.42. The predicted octanol–water partition coefficient (Wildman–Crippen LogP) is 4.41. The number of amides is 1. The summed E-state index contributed by atoms with van der Waals surface area (Å²) in [6, 6.07) is 15.0. The third kappa shape index (κ3) is 6.13. The van der Waals surface area contributed by atoms with E-state index in [1.807, 2.05) is 60.5 Å². The standard InChI is InChI=1S/C21H25ClN2O2.ClH/c1-23-13-17-4-3-11-24(14-17)21(25)18-5-2-6-20(12-18)26-15-16-7-9-19(22)10-8-16;/h2,5-10,12,17,23H,3-4,11,13-15H2,1H3;1H. The molecule has 0 saturated carbocycles. The fraction of sp³-hybridized carbons (Fsp3) is 0.381. The zero-order valence-electron chi connectivity index (χ0n) is 15.5. The lowest BCUT2D eigenvalue weighted by Crippen LogP contribution is -2.42. The number of carbonyl (C=O) groups excluding carboxylic acids is 1. The minimum atomic E-state index is 0. The van der Waals surface area contributed by atoms with Crippen LogP contribution < -0.4 is 10.1 Å². The number of nitrogens with zero attached hydrogens (tertiary/aromatic N) is 1. The third-order valence-electron chi connectivity index (χ3n) is 4.70. The van der Waals surface area contributed by atoms with Crippen LogP contribution in [0.1, 0.15) is 28.8 Å². The maximum absolute atomic E-state index is 12.8. The molecule has 1 aliphatic rings. The molecule has 1 atom stereocenters. The van der Waals surface area contributed by atoms with Gasteiger partial charge in [-0.25, -0.2) is 0 Å². The quantitative estimate of drug-likeness (QED) is 0.769. The van der Waals surface area contributed by atoms with E-state index in [9.17, 15) is 4.79 Å². The number of hydrogen-bond donors (Lipinski definition) is 1. The molecule has 0 aromatic heterocycles. The molecule has 0 spiro atoms. The molecule has 3 rings (SSSR count). The van der Waals surface area contributed by atoms with Crippen molar-refractivity contribution >= 4 is 29.9 Å². The molecule has 1 N–H and O–H groups in total. The van der Waals surface area contributed by atoms with Crippen LogP contribution in [-0.2, 0) is 6.61 Å². The van der Waals surface area contributed by atoms with Crippen LogP contribution in [0.4, 0.5) is 0 Å². The van der Waals surface area contributed by atoms with Gasteiger partial charge in [-0.2, -0.15) is 0 Å². The van der Waals surface area contributed by atoms with E-state index in [4.69, 9.17) is 16.3 Å².